The lowest BCUT2D eigenvalue weighted by molar-refractivity contribution is -0.133. The van der Waals surface area contributed by atoms with Gasteiger partial charge in [0.05, 0.1) is 24.1 Å². The zero-order chi connectivity index (χ0) is 25.5. The molecule has 8 heteroatoms. The number of nitrogens with one attached hydrogen (secondary N) is 1. The summed E-state index contributed by atoms with van der Waals surface area (Å²) in [6, 6.07) is 14.3. The molecule has 0 aromatic heterocycles. The SMILES string of the molecule is CO[C@@H]1CN(C)C(=O)c2cc(NC(=O)Cc3ccccc3)ccc2OC[C@H](C)N(C(C)=O)C[C@H]1C. The molecule has 1 aliphatic rings. The minimum Gasteiger partial charge on any atom is -0.491 e. The third kappa shape index (κ3) is 6.82. The highest BCUT2D eigenvalue weighted by molar-refractivity contribution is 5.99. The maximum absolute atomic E-state index is 13.4. The van der Waals surface area contributed by atoms with Crippen molar-refractivity contribution in [3.05, 3.63) is 59.7 Å². The zero-order valence-corrected chi connectivity index (χ0v) is 21.1. The monoisotopic (exact) mass is 481 g/mol. The molecular weight excluding hydrogens is 446 g/mol. The topological polar surface area (TPSA) is 88.2 Å². The van der Waals surface area contributed by atoms with Crippen molar-refractivity contribution in [2.75, 3.05) is 39.2 Å². The summed E-state index contributed by atoms with van der Waals surface area (Å²) in [4.78, 5) is 41.7. The predicted octanol–water partition coefficient (Wildman–Crippen LogP) is 3.22. The maximum Gasteiger partial charge on any atom is 0.257 e. The standard InChI is InChI=1S/C27H35N3O5/c1-18-15-30(20(3)31)19(2)17-35-24-12-11-22(28-26(32)13-21-9-7-6-8-10-21)14-23(24)27(33)29(4)16-25(18)34-5/h6-12,14,18-19,25H,13,15-17H2,1-5H3,(H,28,32)/t18-,19+,25-/m1/s1. The Bertz CT molecular complexity index is 1040. The van der Waals surface area contributed by atoms with Crippen LogP contribution in [0.1, 0.15) is 36.7 Å². The summed E-state index contributed by atoms with van der Waals surface area (Å²) in [5.74, 6) is -0.0407. The summed E-state index contributed by atoms with van der Waals surface area (Å²) in [6.45, 7) is 6.56. The number of likely N-dealkylation sites (N-methyl/N-ethyl adjacent to an activating group) is 1. The molecule has 0 fully saturated rings. The van der Waals surface area contributed by atoms with Crippen LogP contribution >= 0.6 is 0 Å². The Morgan fingerprint density at radius 2 is 1.83 bits per heavy atom. The lowest BCUT2D eigenvalue weighted by atomic mass is 10.0. The number of rotatable bonds is 4. The summed E-state index contributed by atoms with van der Waals surface area (Å²) < 4.78 is 11.7. The van der Waals surface area contributed by atoms with Crippen molar-refractivity contribution in [3.8, 4) is 5.75 Å². The minimum atomic E-state index is -0.254. The van der Waals surface area contributed by atoms with E-state index in [1.807, 2.05) is 44.2 Å². The Kier molecular flexibility index (Phi) is 8.87. The first kappa shape index (κ1) is 26.2. The van der Waals surface area contributed by atoms with Crippen molar-refractivity contribution in [2.24, 2.45) is 5.92 Å². The average Bonchev–Trinajstić information content (AvgIpc) is 2.83. The highest BCUT2D eigenvalue weighted by Gasteiger charge is 2.29. The van der Waals surface area contributed by atoms with Crippen LogP contribution in [-0.4, -0.2) is 73.5 Å². The molecule has 0 aliphatic carbocycles. The molecule has 0 unspecified atom stereocenters. The average molecular weight is 482 g/mol. The van der Waals surface area contributed by atoms with Crippen molar-refractivity contribution in [2.45, 2.75) is 39.3 Å². The van der Waals surface area contributed by atoms with E-state index in [4.69, 9.17) is 9.47 Å². The number of carbonyl (C=O) groups is 3. The van der Waals surface area contributed by atoms with E-state index in [0.717, 1.165) is 5.56 Å². The fourth-order valence-electron chi connectivity index (χ4n) is 4.28. The molecule has 8 nitrogen and oxygen atoms in total. The minimum absolute atomic E-state index is 0.00380. The number of hydrogen-bond acceptors (Lipinski definition) is 5. The number of nitrogens with zero attached hydrogens (tertiary/aromatic N) is 2. The number of methoxy groups -OCH3 is 1. The molecule has 0 saturated heterocycles. The second kappa shape index (κ2) is 11.8. The molecule has 0 saturated carbocycles. The lowest BCUT2D eigenvalue weighted by Gasteiger charge is -2.35. The van der Waals surface area contributed by atoms with Gasteiger partial charge in [0, 0.05) is 45.8 Å². The molecular formula is C27H35N3O5. The molecule has 188 valence electrons. The Hall–Kier alpha value is -3.39. The van der Waals surface area contributed by atoms with Gasteiger partial charge in [-0.3, -0.25) is 14.4 Å². The van der Waals surface area contributed by atoms with E-state index in [9.17, 15) is 14.4 Å². The van der Waals surface area contributed by atoms with Crippen molar-refractivity contribution in [3.63, 3.8) is 0 Å². The molecule has 3 atom stereocenters. The highest BCUT2D eigenvalue weighted by Crippen LogP contribution is 2.26. The van der Waals surface area contributed by atoms with Crippen LogP contribution in [0.2, 0.25) is 0 Å². The van der Waals surface area contributed by atoms with Crippen LogP contribution in [0.3, 0.4) is 0 Å². The number of ether oxygens (including phenoxy) is 2. The molecule has 1 aliphatic heterocycles. The molecule has 0 spiro atoms. The van der Waals surface area contributed by atoms with Gasteiger partial charge >= 0.3 is 0 Å². The highest BCUT2D eigenvalue weighted by atomic mass is 16.5. The molecule has 35 heavy (non-hydrogen) atoms. The van der Waals surface area contributed by atoms with E-state index in [-0.39, 0.29) is 48.8 Å². The van der Waals surface area contributed by atoms with Gasteiger partial charge in [-0.2, -0.15) is 0 Å². The summed E-state index contributed by atoms with van der Waals surface area (Å²) >= 11 is 0. The van der Waals surface area contributed by atoms with Gasteiger partial charge in [0.15, 0.2) is 0 Å². The first-order valence-corrected chi connectivity index (χ1v) is 11.9. The van der Waals surface area contributed by atoms with E-state index in [2.05, 4.69) is 5.32 Å². The largest absolute Gasteiger partial charge is 0.491 e. The van der Waals surface area contributed by atoms with Crippen LogP contribution in [0.4, 0.5) is 5.69 Å². The fraction of sp³-hybridized carbons (Fsp3) is 0.444. The van der Waals surface area contributed by atoms with E-state index in [0.29, 0.717) is 30.1 Å². The van der Waals surface area contributed by atoms with Gasteiger partial charge in [-0.05, 0) is 30.7 Å². The van der Waals surface area contributed by atoms with Gasteiger partial charge in [-0.25, -0.2) is 0 Å². The fourth-order valence-corrected chi connectivity index (χ4v) is 4.28. The number of fused-ring (bicyclic) bond motifs is 1. The van der Waals surface area contributed by atoms with Crippen LogP contribution in [0, 0.1) is 5.92 Å². The summed E-state index contributed by atoms with van der Waals surface area (Å²) in [6.07, 6.45) is -0.0239. The number of carbonyl (C=O) groups excluding carboxylic acids is 3. The Labute approximate surface area is 207 Å². The first-order chi connectivity index (χ1) is 16.7. The molecule has 3 amide bonds. The molecule has 0 radical (unpaired) electrons. The van der Waals surface area contributed by atoms with Gasteiger partial charge in [-0.1, -0.05) is 37.3 Å². The van der Waals surface area contributed by atoms with Crippen LogP contribution in [0.5, 0.6) is 5.75 Å². The number of anilines is 1. The Balaban J connectivity index is 1.88. The zero-order valence-electron chi connectivity index (χ0n) is 21.1. The third-order valence-electron chi connectivity index (χ3n) is 6.34. The predicted molar refractivity (Wildman–Crippen MR) is 134 cm³/mol. The molecule has 1 heterocycles. The second-order valence-electron chi connectivity index (χ2n) is 9.19. The van der Waals surface area contributed by atoms with Gasteiger partial charge in [0.1, 0.15) is 12.4 Å². The van der Waals surface area contributed by atoms with E-state index >= 15 is 0 Å². The molecule has 2 aromatic rings. The first-order valence-electron chi connectivity index (χ1n) is 11.9. The molecule has 2 aromatic carbocycles. The number of hydrogen-bond donors (Lipinski definition) is 1. The van der Waals surface area contributed by atoms with Crippen LogP contribution in [-0.2, 0) is 20.7 Å². The summed E-state index contributed by atoms with van der Waals surface area (Å²) in [5, 5.41) is 2.88. The van der Waals surface area contributed by atoms with E-state index in [1.165, 1.54) is 0 Å². The molecule has 3 rings (SSSR count). The van der Waals surface area contributed by atoms with Crippen molar-refractivity contribution >= 4 is 23.4 Å². The van der Waals surface area contributed by atoms with Gasteiger partial charge in [-0.15, -0.1) is 0 Å². The van der Waals surface area contributed by atoms with Crippen molar-refractivity contribution in [1.82, 2.24) is 9.80 Å². The summed E-state index contributed by atoms with van der Waals surface area (Å²) in [5.41, 5.74) is 1.76. The van der Waals surface area contributed by atoms with Gasteiger partial charge in [0.2, 0.25) is 11.8 Å². The molecule has 1 N–H and O–H groups in total. The van der Waals surface area contributed by atoms with Gasteiger partial charge in [0.25, 0.3) is 5.91 Å². The van der Waals surface area contributed by atoms with Gasteiger partial charge < -0.3 is 24.6 Å². The normalized spacial score (nSPS) is 21.3. The smallest absolute Gasteiger partial charge is 0.257 e. The third-order valence-corrected chi connectivity index (χ3v) is 6.34. The van der Waals surface area contributed by atoms with Crippen molar-refractivity contribution in [1.29, 1.82) is 0 Å². The van der Waals surface area contributed by atoms with E-state index < -0.39 is 0 Å². The van der Waals surface area contributed by atoms with Crippen molar-refractivity contribution < 1.29 is 23.9 Å². The van der Waals surface area contributed by atoms with Crippen LogP contribution < -0.4 is 10.1 Å². The Morgan fingerprint density at radius 1 is 1.11 bits per heavy atom. The lowest BCUT2D eigenvalue weighted by Crippen LogP contribution is -2.48. The maximum atomic E-state index is 13.4. The van der Waals surface area contributed by atoms with E-state index in [1.54, 1.807) is 49.1 Å². The second-order valence-corrected chi connectivity index (χ2v) is 9.19. The molecule has 0 bridgehead atoms. The summed E-state index contributed by atoms with van der Waals surface area (Å²) in [7, 11) is 3.33. The number of amides is 3. The number of benzene rings is 2. The quantitative estimate of drug-likeness (QED) is 0.725. The van der Waals surface area contributed by atoms with Crippen LogP contribution in [0.25, 0.3) is 0 Å². The van der Waals surface area contributed by atoms with Crippen LogP contribution in [0.15, 0.2) is 48.5 Å². The Morgan fingerprint density at radius 3 is 2.49 bits per heavy atom.